The van der Waals surface area contributed by atoms with E-state index in [9.17, 15) is 0 Å². The van der Waals surface area contributed by atoms with Gasteiger partial charge in [-0.2, -0.15) is 0 Å². The van der Waals surface area contributed by atoms with Gasteiger partial charge >= 0.3 is 0 Å². The molecule has 0 aliphatic heterocycles. The Morgan fingerprint density at radius 2 is 0.978 bits per heavy atom. The summed E-state index contributed by atoms with van der Waals surface area (Å²) in [5, 5.41) is 2.29. The number of nitrogens with zero attached hydrogens (tertiary/aromatic N) is 1. The Morgan fingerprint density at radius 1 is 0.422 bits per heavy atom. The molecule has 0 N–H and O–H groups in total. The van der Waals surface area contributed by atoms with Crippen LogP contribution in [0.4, 0.5) is 17.1 Å². The molecular formula is C43H29NO. The highest BCUT2D eigenvalue weighted by Gasteiger charge is 2.47. The van der Waals surface area contributed by atoms with Gasteiger partial charge in [-0.1, -0.05) is 133 Å². The number of hydrogen-bond acceptors (Lipinski definition) is 2. The molecule has 1 heterocycles. The van der Waals surface area contributed by atoms with Gasteiger partial charge in [-0.25, -0.2) is 0 Å². The van der Waals surface area contributed by atoms with Crippen molar-refractivity contribution in [3.8, 4) is 11.1 Å². The first-order chi connectivity index (χ1) is 22.3. The zero-order valence-corrected chi connectivity index (χ0v) is 24.6. The van der Waals surface area contributed by atoms with Crippen LogP contribution in [0, 0.1) is 0 Å². The molecule has 212 valence electrons. The van der Waals surface area contributed by atoms with Gasteiger partial charge in [-0.3, -0.25) is 0 Å². The second-order valence-electron chi connectivity index (χ2n) is 11.7. The lowest BCUT2D eigenvalue weighted by atomic mass is 9.67. The van der Waals surface area contributed by atoms with Crippen LogP contribution in [0.25, 0.3) is 33.1 Å². The fourth-order valence-corrected chi connectivity index (χ4v) is 7.48. The molecule has 2 heteroatoms. The number of anilines is 3. The van der Waals surface area contributed by atoms with E-state index in [1.807, 2.05) is 6.07 Å². The Kier molecular flexibility index (Phi) is 5.76. The molecule has 1 aliphatic rings. The van der Waals surface area contributed by atoms with Crippen LogP contribution < -0.4 is 4.90 Å². The van der Waals surface area contributed by atoms with Gasteiger partial charge in [-0.05, 0) is 70.3 Å². The van der Waals surface area contributed by atoms with Crippen LogP contribution in [0.1, 0.15) is 22.3 Å². The second-order valence-corrected chi connectivity index (χ2v) is 11.7. The van der Waals surface area contributed by atoms with E-state index in [4.69, 9.17) is 4.42 Å². The van der Waals surface area contributed by atoms with E-state index >= 15 is 0 Å². The van der Waals surface area contributed by atoms with Crippen LogP contribution in [0.2, 0.25) is 0 Å². The molecule has 9 rings (SSSR count). The molecule has 1 aromatic heterocycles. The number of rotatable bonds is 5. The summed E-state index contributed by atoms with van der Waals surface area (Å²) in [7, 11) is 0. The molecule has 0 spiro atoms. The maximum atomic E-state index is 6.72. The molecular weight excluding hydrogens is 546 g/mol. The van der Waals surface area contributed by atoms with Gasteiger partial charge in [0.25, 0.3) is 0 Å². The van der Waals surface area contributed by atoms with E-state index in [1.54, 1.807) is 0 Å². The summed E-state index contributed by atoms with van der Waals surface area (Å²) < 4.78 is 6.72. The molecule has 0 amide bonds. The number of benzene rings is 7. The van der Waals surface area contributed by atoms with Crippen molar-refractivity contribution in [3.63, 3.8) is 0 Å². The van der Waals surface area contributed by atoms with Crippen molar-refractivity contribution in [2.24, 2.45) is 0 Å². The average molecular weight is 576 g/mol. The van der Waals surface area contributed by atoms with Gasteiger partial charge in [0.2, 0.25) is 0 Å². The highest BCUT2D eigenvalue weighted by molar-refractivity contribution is 6.12. The van der Waals surface area contributed by atoms with Crippen molar-refractivity contribution in [1.29, 1.82) is 0 Å². The monoisotopic (exact) mass is 575 g/mol. The van der Waals surface area contributed by atoms with Crippen LogP contribution in [0.3, 0.4) is 0 Å². The summed E-state index contributed by atoms with van der Waals surface area (Å²) in [4.78, 5) is 2.35. The highest BCUT2D eigenvalue weighted by Crippen LogP contribution is 2.59. The lowest BCUT2D eigenvalue weighted by molar-refractivity contribution is 0.669. The fraction of sp³-hybridized carbons (Fsp3) is 0.0233. The standard InChI is InChI=1S/C43H29NO/c1-5-15-30(16-6-1)43(31-17-7-2-8-18-31)38-28-27-36-35-23-13-14-24-40(35)45-42(36)41(38)37-26-25-34(29-39(37)43)44(32-19-9-3-10-20-32)33-21-11-4-12-22-33/h1-29H. The zero-order chi connectivity index (χ0) is 29.8. The fourth-order valence-electron chi connectivity index (χ4n) is 7.48. The molecule has 0 radical (unpaired) electrons. The number of hydrogen-bond donors (Lipinski definition) is 0. The molecule has 8 aromatic rings. The number of furan rings is 1. The Balaban J connectivity index is 1.41. The highest BCUT2D eigenvalue weighted by atomic mass is 16.3. The van der Waals surface area contributed by atoms with Gasteiger partial charge in [0, 0.05) is 33.4 Å². The summed E-state index contributed by atoms with van der Waals surface area (Å²) in [5.41, 5.74) is 12.0. The van der Waals surface area contributed by atoms with E-state index in [2.05, 4.69) is 175 Å². The summed E-state index contributed by atoms with van der Waals surface area (Å²) in [5.74, 6) is 0. The van der Waals surface area contributed by atoms with Crippen LogP contribution in [-0.2, 0) is 5.41 Å². The van der Waals surface area contributed by atoms with Gasteiger partial charge in [0.05, 0.1) is 5.41 Å². The van der Waals surface area contributed by atoms with E-state index < -0.39 is 5.41 Å². The molecule has 0 saturated carbocycles. The molecule has 7 aromatic carbocycles. The number of para-hydroxylation sites is 3. The normalized spacial score (nSPS) is 13.1. The molecule has 0 saturated heterocycles. The lowest BCUT2D eigenvalue weighted by Crippen LogP contribution is -2.28. The molecule has 2 nitrogen and oxygen atoms in total. The predicted octanol–water partition coefficient (Wildman–Crippen LogP) is 11.4. The lowest BCUT2D eigenvalue weighted by Gasteiger charge is -2.34. The minimum Gasteiger partial charge on any atom is -0.455 e. The van der Waals surface area contributed by atoms with Crippen molar-refractivity contribution in [1.82, 2.24) is 0 Å². The molecule has 1 aliphatic carbocycles. The van der Waals surface area contributed by atoms with Gasteiger partial charge in [0.1, 0.15) is 11.2 Å². The largest absolute Gasteiger partial charge is 0.455 e. The third-order valence-electron chi connectivity index (χ3n) is 9.33. The van der Waals surface area contributed by atoms with E-state index in [-0.39, 0.29) is 0 Å². The van der Waals surface area contributed by atoms with Crippen LogP contribution >= 0.6 is 0 Å². The Hall–Kier alpha value is -5.86. The van der Waals surface area contributed by atoms with Gasteiger partial charge < -0.3 is 9.32 Å². The first-order valence-electron chi connectivity index (χ1n) is 15.4. The third-order valence-corrected chi connectivity index (χ3v) is 9.33. The van der Waals surface area contributed by atoms with E-state index in [0.717, 1.165) is 39.0 Å². The minimum atomic E-state index is -0.546. The van der Waals surface area contributed by atoms with Crippen LogP contribution in [-0.4, -0.2) is 0 Å². The maximum absolute atomic E-state index is 6.72. The van der Waals surface area contributed by atoms with Crippen molar-refractivity contribution in [3.05, 3.63) is 198 Å². The van der Waals surface area contributed by atoms with Gasteiger partial charge in [-0.15, -0.1) is 0 Å². The second kappa shape index (κ2) is 10.1. The van der Waals surface area contributed by atoms with E-state index in [0.29, 0.717) is 0 Å². The zero-order valence-electron chi connectivity index (χ0n) is 24.6. The Labute approximate surface area is 262 Å². The smallest absolute Gasteiger partial charge is 0.143 e. The molecule has 0 unspecified atom stereocenters. The predicted molar refractivity (Wildman–Crippen MR) is 186 cm³/mol. The van der Waals surface area contributed by atoms with Crippen LogP contribution in [0.5, 0.6) is 0 Å². The summed E-state index contributed by atoms with van der Waals surface area (Å²) in [6.45, 7) is 0. The maximum Gasteiger partial charge on any atom is 0.143 e. The molecule has 0 bridgehead atoms. The molecule has 0 fully saturated rings. The topological polar surface area (TPSA) is 16.4 Å². The van der Waals surface area contributed by atoms with Crippen molar-refractivity contribution >= 4 is 39.0 Å². The quantitative estimate of drug-likeness (QED) is 0.203. The summed E-state index contributed by atoms with van der Waals surface area (Å²) >= 11 is 0. The van der Waals surface area contributed by atoms with Crippen molar-refractivity contribution in [2.75, 3.05) is 4.90 Å². The van der Waals surface area contributed by atoms with Crippen molar-refractivity contribution in [2.45, 2.75) is 5.41 Å². The molecule has 45 heavy (non-hydrogen) atoms. The Bertz CT molecular complexity index is 2230. The third kappa shape index (κ3) is 3.76. The van der Waals surface area contributed by atoms with Gasteiger partial charge in [0.15, 0.2) is 0 Å². The average Bonchev–Trinajstić information content (AvgIpc) is 3.64. The Morgan fingerprint density at radius 3 is 1.60 bits per heavy atom. The first kappa shape index (κ1) is 25.6. The first-order valence-corrected chi connectivity index (χ1v) is 15.4. The summed E-state index contributed by atoms with van der Waals surface area (Å²) in [6, 6.07) is 63.1. The van der Waals surface area contributed by atoms with Crippen LogP contribution in [0.15, 0.2) is 180 Å². The number of fused-ring (bicyclic) bond motifs is 7. The SMILES string of the molecule is c1ccc(N(c2ccccc2)c2ccc3c(c2)C(c2ccccc2)(c2ccccc2)c2ccc4c(oc5ccccc54)c2-3)cc1. The summed E-state index contributed by atoms with van der Waals surface area (Å²) in [6.07, 6.45) is 0. The van der Waals surface area contributed by atoms with E-state index in [1.165, 1.54) is 33.4 Å². The molecule has 0 atom stereocenters. The van der Waals surface area contributed by atoms with Crippen molar-refractivity contribution < 1.29 is 4.42 Å². The minimum absolute atomic E-state index is 0.546.